The maximum absolute atomic E-state index is 11.5. The third kappa shape index (κ3) is 1.43. The molecule has 0 aromatic rings. The van der Waals surface area contributed by atoms with Crippen molar-refractivity contribution in [1.82, 2.24) is 0 Å². The molecule has 1 atom stereocenters. The smallest absolute Gasteiger partial charge is 0.316 e. The summed E-state index contributed by atoms with van der Waals surface area (Å²) >= 11 is 0. The van der Waals surface area contributed by atoms with Crippen LogP contribution in [0.2, 0.25) is 0 Å². The van der Waals surface area contributed by atoms with Gasteiger partial charge in [0, 0.05) is 6.42 Å². The minimum absolute atomic E-state index is 0.0996. The summed E-state index contributed by atoms with van der Waals surface area (Å²) < 4.78 is 10.4. The van der Waals surface area contributed by atoms with E-state index in [0.29, 0.717) is 6.61 Å². The molecule has 13 heavy (non-hydrogen) atoms. The maximum Gasteiger partial charge on any atom is 0.316 e. The van der Waals surface area contributed by atoms with Gasteiger partial charge < -0.3 is 9.47 Å². The van der Waals surface area contributed by atoms with E-state index in [1.54, 1.807) is 0 Å². The van der Waals surface area contributed by atoms with Crippen LogP contribution in [-0.4, -0.2) is 19.2 Å². The third-order valence-electron chi connectivity index (χ3n) is 2.63. The van der Waals surface area contributed by atoms with Gasteiger partial charge in [-0.3, -0.25) is 4.79 Å². The second kappa shape index (κ2) is 3.40. The molecule has 0 spiro atoms. The highest BCUT2D eigenvalue weighted by atomic mass is 16.5. The summed E-state index contributed by atoms with van der Waals surface area (Å²) in [6.45, 7) is 3.04. The van der Waals surface area contributed by atoms with Crippen molar-refractivity contribution in [3.8, 4) is 0 Å². The molecule has 0 radical (unpaired) electrons. The van der Waals surface area contributed by atoms with E-state index < -0.39 is 0 Å². The van der Waals surface area contributed by atoms with Crippen molar-refractivity contribution in [2.24, 2.45) is 5.92 Å². The number of hydrogen-bond acceptors (Lipinski definition) is 3. The monoisotopic (exact) mass is 182 g/mol. The predicted molar refractivity (Wildman–Crippen MR) is 47.0 cm³/mol. The van der Waals surface area contributed by atoms with Gasteiger partial charge in [-0.2, -0.15) is 0 Å². The topological polar surface area (TPSA) is 35.5 Å². The van der Waals surface area contributed by atoms with Crippen LogP contribution in [0.5, 0.6) is 0 Å². The lowest BCUT2D eigenvalue weighted by molar-refractivity contribution is -0.147. The normalized spacial score (nSPS) is 25.8. The second-order valence-electron chi connectivity index (χ2n) is 3.41. The summed E-state index contributed by atoms with van der Waals surface area (Å²) in [5.41, 5.74) is 1.33. The number of carbonyl (C=O) groups excluding carboxylic acids is 1. The molecule has 0 saturated carbocycles. The molecule has 0 saturated heterocycles. The van der Waals surface area contributed by atoms with Gasteiger partial charge in [0.15, 0.2) is 0 Å². The second-order valence-corrected chi connectivity index (χ2v) is 3.41. The van der Waals surface area contributed by atoms with Crippen LogP contribution < -0.4 is 0 Å². The zero-order valence-corrected chi connectivity index (χ0v) is 7.84. The molecular formula is C10H14O3. The van der Waals surface area contributed by atoms with Crippen LogP contribution in [0.25, 0.3) is 0 Å². The molecule has 2 rings (SSSR count). The maximum atomic E-state index is 11.5. The first-order chi connectivity index (χ1) is 6.33. The molecule has 72 valence electrons. The molecule has 3 heteroatoms. The molecule has 0 N–H and O–H groups in total. The van der Waals surface area contributed by atoms with Crippen molar-refractivity contribution in [2.75, 3.05) is 13.2 Å². The van der Waals surface area contributed by atoms with E-state index in [9.17, 15) is 4.79 Å². The number of carbonyl (C=O) groups is 1. The van der Waals surface area contributed by atoms with Gasteiger partial charge in [0.1, 0.15) is 11.7 Å². The van der Waals surface area contributed by atoms with Crippen LogP contribution in [0.4, 0.5) is 0 Å². The Balaban J connectivity index is 2.05. The summed E-state index contributed by atoms with van der Waals surface area (Å²) in [7, 11) is 0. The summed E-state index contributed by atoms with van der Waals surface area (Å²) in [5.74, 6) is 0.699. The van der Waals surface area contributed by atoms with E-state index in [1.807, 2.05) is 6.92 Å². The Morgan fingerprint density at radius 2 is 2.46 bits per heavy atom. The molecule has 0 bridgehead atoms. The predicted octanol–water partition coefficient (Wildman–Crippen LogP) is 1.63. The quantitative estimate of drug-likeness (QED) is 0.609. The van der Waals surface area contributed by atoms with Crippen LogP contribution in [0.3, 0.4) is 0 Å². The Morgan fingerprint density at radius 1 is 1.62 bits per heavy atom. The first-order valence-electron chi connectivity index (χ1n) is 4.84. The SMILES string of the molecule is CCOC(=O)[C@@H]1CCC2=C1OCC2. The number of esters is 1. The average Bonchev–Trinajstić information content (AvgIpc) is 2.62. The first kappa shape index (κ1) is 8.60. The van der Waals surface area contributed by atoms with E-state index in [0.717, 1.165) is 31.6 Å². The van der Waals surface area contributed by atoms with E-state index in [2.05, 4.69) is 0 Å². The zero-order valence-electron chi connectivity index (χ0n) is 7.84. The molecule has 0 aromatic heterocycles. The Hall–Kier alpha value is -0.990. The molecule has 1 aliphatic carbocycles. The van der Waals surface area contributed by atoms with Gasteiger partial charge in [-0.1, -0.05) is 0 Å². The van der Waals surface area contributed by atoms with Gasteiger partial charge in [-0.25, -0.2) is 0 Å². The summed E-state index contributed by atoms with van der Waals surface area (Å²) in [6, 6.07) is 0. The van der Waals surface area contributed by atoms with Crippen LogP contribution >= 0.6 is 0 Å². The van der Waals surface area contributed by atoms with E-state index in [1.165, 1.54) is 5.57 Å². The van der Waals surface area contributed by atoms with Gasteiger partial charge in [0.25, 0.3) is 0 Å². The zero-order chi connectivity index (χ0) is 9.26. The molecule has 0 unspecified atom stereocenters. The van der Waals surface area contributed by atoms with Crippen molar-refractivity contribution in [3.63, 3.8) is 0 Å². The van der Waals surface area contributed by atoms with Crippen molar-refractivity contribution in [3.05, 3.63) is 11.3 Å². The van der Waals surface area contributed by atoms with Crippen LogP contribution in [-0.2, 0) is 14.3 Å². The molecule has 1 aliphatic heterocycles. The van der Waals surface area contributed by atoms with Gasteiger partial charge >= 0.3 is 5.97 Å². The van der Waals surface area contributed by atoms with Crippen molar-refractivity contribution in [1.29, 1.82) is 0 Å². The molecule has 0 fully saturated rings. The summed E-state index contributed by atoms with van der Waals surface area (Å²) in [4.78, 5) is 11.5. The highest BCUT2D eigenvalue weighted by Crippen LogP contribution is 2.39. The molecule has 2 aliphatic rings. The lowest BCUT2D eigenvalue weighted by Gasteiger charge is -2.11. The van der Waals surface area contributed by atoms with Crippen LogP contribution in [0.15, 0.2) is 11.3 Å². The average molecular weight is 182 g/mol. The highest BCUT2D eigenvalue weighted by Gasteiger charge is 2.36. The number of hydrogen-bond donors (Lipinski definition) is 0. The molecule has 3 nitrogen and oxygen atoms in total. The number of rotatable bonds is 2. The largest absolute Gasteiger partial charge is 0.497 e. The molecular weight excluding hydrogens is 168 g/mol. The Kier molecular flexibility index (Phi) is 2.25. The Bertz CT molecular complexity index is 255. The van der Waals surface area contributed by atoms with Gasteiger partial charge in [0.05, 0.1) is 13.2 Å². The Labute approximate surface area is 77.7 Å². The van der Waals surface area contributed by atoms with E-state index in [4.69, 9.17) is 9.47 Å². The highest BCUT2D eigenvalue weighted by molar-refractivity contribution is 5.76. The third-order valence-corrected chi connectivity index (χ3v) is 2.63. The fraction of sp³-hybridized carbons (Fsp3) is 0.700. The standard InChI is InChI=1S/C10H14O3/c1-2-12-10(11)8-4-3-7-5-6-13-9(7)8/h8H,2-6H2,1H3/t8-/m1/s1. The molecule has 0 aromatic carbocycles. The molecule has 1 heterocycles. The summed E-state index contributed by atoms with van der Waals surface area (Å²) in [6.07, 6.45) is 2.90. The first-order valence-corrected chi connectivity index (χ1v) is 4.84. The van der Waals surface area contributed by atoms with Crippen LogP contribution in [0.1, 0.15) is 26.2 Å². The van der Waals surface area contributed by atoms with Gasteiger partial charge in [-0.05, 0) is 25.3 Å². The van der Waals surface area contributed by atoms with E-state index >= 15 is 0 Å². The minimum atomic E-state index is -0.116. The molecule has 0 amide bonds. The fourth-order valence-corrected chi connectivity index (χ4v) is 2.02. The van der Waals surface area contributed by atoms with E-state index in [-0.39, 0.29) is 11.9 Å². The number of ether oxygens (including phenoxy) is 2. The van der Waals surface area contributed by atoms with Crippen molar-refractivity contribution < 1.29 is 14.3 Å². The van der Waals surface area contributed by atoms with Crippen molar-refractivity contribution >= 4 is 5.97 Å². The lowest BCUT2D eigenvalue weighted by atomic mass is 10.1. The van der Waals surface area contributed by atoms with Crippen LogP contribution in [0, 0.1) is 5.92 Å². The lowest BCUT2D eigenvalue weighted by Crippen LogP contribution is -2.18. The Morgan fingerprint density at radius 3 is 3.23 bits per heavy atom. The minimum Gasteiger partial charge on any atom is -0.497 e. The summed E-state index contributed by atoms with van der Waals surface area (Å²) in [5, 5.41) is 0. The van der Waals surface area contributed by atoms with Crippen molar-refractivity contribution in [2.45, 2.75) is 26.2 Å². The fourth-order valence-electron chi connectivity index (χ4n) is 2.02. The van der Waals surface area contributed by atoms with Gasteiger partial charge in [0.2, 0.25) is 0 Å². The van der Waals surface area contributed by atoms with Gasteiger partial charge in [-0.15, -0.1) is 0 Å².